The molecule has 1 aliphatic carbocycles. The van der Waals surface area contributed by atoms with Crippen molar-refractivity contribution < 1.29 is 9.18 Å². The third-order valence-electron chi connectivity index (χ3n) is 4.02. The molecular weight excluding hydrogens is 335 g/mol. The predicted molar refractivity (Wildman–Crippen MR) is 85.4 cm³/mol. The molecule has 0 spiro atoms. The Labute approximate surface area is 133 Å². The number of aryl methyl sites for hydroxylation is 1. The summed E-state index contributed by atoms with van der Waals surface area (Å²) < 4.78 is 14.4. The summed E-state index contributed by atoms with van der Waals surface area (Å²) in [5.41, 5.74) is 6.58. The summed E-state index contributed by atoms with van der Waals surface area (Å²) in [5.74, 6) is -0.0476. The van der Waals surface area contributed by atoms with Gasteiger partial charge in [-0.25, -0.2) is 4.39 Å². The quantitative estimate of drug-likeness (QED) is 0.796. The Kier molecular flexibility index (Phi) is 6.18. The fraction of sp³-hybridized carbons (Fsp3) is 0.562. The minimum atomic E-state index is -0.200. The molecule has 2 atom stereocenters. The lowest BCUT2D eigenvalue weighted by molar-refractivity contribution is -0.126. The normalized spacial score (nSPS) is 22.0. The first kappa shape index (κ1) is 16.4. The van der Waals surface area contributed by atoms with E-state index in [-0.39, 0.29) is 23.7 Å². The summed E-state index contributed by atoms with van der Waals surface area (Å²) in [6.45, 7) is 0.583. The molecule has 0 heterocycles. The van der Waals surface area contributed by atoms with Crippen molar-refractivity contribution in [3.63, 3.8) is 0 Å². The lowest BCUT2D eigenvalue weighted by atomic mass is 9.85. The van der Waals surface area contributed by atoms with Crippen LogP contribution in [-0.2, 0) is 11.2 Å². The van der Waals surface area contributed by atoms with Crippen molar-refractivity contribution in [3.8, 4) is 0 Å². The zero-order chi connectivity index (χ0) is 15.2. The van der Waals surface area contributed by atoms with Gasteiger partial charge in [0.15, 0.2) is 0 Å². The second-order valence-electron chi connectivity index (χ2n) is 5.75. The van der Waals surface area contributed by atoms with Gasteiger partial charge < -0.3 is 11.1 Å². The van der Waals surface area contributed by atoms with Gasteiger partial charge in [-0.05, 0) is 49.8 Å². The third kappa shape index (κ3) is 5.08. The molecule has 2 unspecified atom stereocenters. The van der Waals surface area contributed by atoms with Gasteiger partial charge in [0.1, 0.15) is 5.82 Å². The zero-order valence-electron chi connectivity index (χ0n) is 12.1. The van der Waals surface area contributed by atoms with Gasteiger partial charge in [0.2, 0.25) is 5.91 Å². The van der Waals surface area contributed by atoms with Gasteiger partial charge in [0.05, 0.1) is 0 Å². The number of nitrogens with one attached hydrogen (secondary N) is 1. The molecule has 0 bridgehead atoms. The molecule has 0 radical (unpaired) electrons. The Morgan fingerprint density at radius 3 is 2.95 bits per heavy atom. The average molecular weight is 357 g/mol. The van der Waals surface area contributed by atoms with Gasteiger partial charge in [-0.2, -0.15) is 0 Å². The number of halogens is 2. The van der Waals surface area contributed by atoms with E-state index in [1.165, 1.54) is 6.07 Å². The van der Waals surface area contributed by atoms with Crippen molar-refractivity contribution in [2.75, 3.05) is 6.54 Å². The number of carbonyl (C=O) groups excluding carboxylic acids is 1. The topological polar surface area (TPSA) is 55.1 Å². The van der Waals surface area contributed by atoms with E-state index in [1.54, 1.807) is 6.07 Å². The maximum absolute atomic E-state index is 13.6. The van der Waals surface area contributed by atoms with Crippen LogP contribution in [0.1, 0.15) is 37.7 Å². The molecule has 0 aliphatic heterocycles. The Morgan fingerprint density at radius 1 is 1.43 bits per heavy atom. The fourth-order valence-corrected chi connectivity index (χ4v) is 3.16. The molecule has 0 aromatic heterocycles. The van der Waals surface area contributed by atoms with E-state index >= 15 is 0 Å². The van der Waals surface area contributed by atoms with E-state index in [1.807, 2.05) is 6.07 Å². The molecule has 3 nitrogen and oxygen atoms in total. The number of carbonyl (C=O) groups is 1. The molecule has 2 rings (SSSR count). The lowest BCUT2D eigenvalue weighted by Gasteiger charge is -2.25. The van der Waals surface area contributed by atoms with Crippen LogP contribution >= 0.6 is 15.9 Å². The van der Waals surface area contributed by atoms with Crippen LogP contribution in [-0.4, -0.2) is 18.5 Å². The maximum Gasteiger partial charge on any atom is 0.223 e. The molecule has 1 aliphatic rings. The lowest BCUT2D eigenvalue weighted by Crippen LogP contribution is -2.38. The van der Waals surface area contributed by atoms with Crippen LogP contribution < -0.4 is 11.1 Å². The third-order valence-corrected chi connectivity index (χ3v) is 4.52. The molecule has 1 aromatic carbocycles. The molecule has 1 fully saturated rings. The smallest absolute Gasteiger partial charge is 0.223 e. The number of nitrogens with two attached hydrogens (primary N) is 1. The van der Waals surface area contributed by atoms with Gasteiger partial charge >= 0.3 is 0 Å². The standard InChI is InChI=1S/C16H22BrFN2O/c17-13-7-6-11(15(18)10-13)4-2-8-20-16(21)12-3-1-5-14(19)9-12/h6-7,10,12,14H,1-5,8-9,19H2,(H,20,21). The molecule has 5 heteroatoms. The molecule has 3 N–H and O–H groups in total. The van der Waals surface area contributed by atoms with E-state index in [0.717, 1.165) is 36.6 Å². The van der Waals surface area contributed by atoms with Crippen molar-refractivity contribution in [2.45, 2.75) is 44.6 Å². The van der Waals surface area contributed by atoms with Gasteiger partial charge in [-0.15, -0.1) is 0 Å². The Morgan fingerprint density at radius 2 is 2.24 bits per heavy atom. The van der Waals surface area contributed by atoms with Crippen LogP contribution in [0.5, 0.6) is 0 Å². The summed E-state index contributed by atoms with van der Waals surface area (Å²) in [6, 6.07) is 5.24. The van der Waals surface area contributed by atoms with Crippen LogP contribution in [0.2, 0.25) is 0 Å². The highest BCUT2D eigenvalue weighted by Gasteiger charge is 2.24. The number of hydrogen-bond donors (Lipinski definition) is 2. The molecule has 1 amide bonds. The second kappa shape index (κ2) is 7.90. The van der Waals surface area contributed by atoms with Crippen molar-refractivity contribution in [1.29, 1.82) is 0 Å². The number of benzene rings is 1. The van der Waals surface area contributed by atoms with Crippen LogP contribution in [0, 0.1) is 11.7 Å². The predicted octanol–water partition coefficient (Wildman–Crippen LogP) is 3.15. The number of amides is 1. The average Bonchev–Trinajstić information content (AvgIpc) is 2.45. The summed E-state index contributed by atoms with van der Waals surface area (Å²) in [4.78, 5) is 12.0. The van der Waals surface area contributed by atoms with Gasteiger partial charge in [0.25, 0.3) is 0 Å². The fourth-order valence-electron chi connectivity index (χ4n) is 2.82. The van der Waals surface area contributed by atoms with E-state index in [4.69, 9.17) is 5.73 Å². The minimum Gasteiger partial charge on any atom is -0.356 e. The highest BCUT2D eigenvalue weighted by atomic mass is 79.9. The largest absolute Gasteiger partial charge is 0.356 e. The highest BCUT2D eigenvalue weighted by Crippen LogP contribution is 2.23. The van der Waals surface area contributed by atoms with Crippen molar-refractivity contribution in [1.82, 2.24) is 5.32 Å². The molecule has 116 valence electrons. The molecule has 1 aromatic rings. The van der Waals surface area contributed by atoms with Gasteiger partial charge in [-0.1, -0.05) is 28.4 Å². The molecule has 1 saturated carbocycles. The van der Waals surface area contributed by atoms with Crippen LogP contribution in [0.4, 0.5) is 4.39 Å². The van der Waals surface area contributed by atoms with Gasteiger partial charge in [0, 0.05) is 23.0 Å². The molecular formula is C16H22BrFN2O. The maximum atomic E-state index is 13.6. The number of hydrogen-bond acceptors (Lipinski definition) is 2. The van der Waals surface area contributed by atoms with Crippen molar-refractivity contribution in [3.05, 3.63) is 34.1 Å². The van der Waals surface area contributed by atoms with Crippen LogP contribution in [0.25, 0.3) is 0 Å². The van der Waals surface area contributed by atoms with E-state index < -0.39 is 0 Å². The first-order valence-electron chi connectivity index (χ1n) is 7.53. The SMILES string of the molecule is NC1CCCC(C(=O)NCCCc2ccc(Br)cc2F)C1. The zero-order valence-corrected chi connectivity index (χ0v) is 13.7. The summed E-state index contributed by atoms with van der Waals surface area (Å²) in [7, 11) is 0. The molecule has 21 heavy (non-hydrogen) atoms. The van der Waals surface area contributed by atoms with Crippen LogP contribution in [0.3, 0.4) is 0 Å². The van der Waals surface area contributed by atoms with E-state index in [9.17, 15) is 9.18 Å². The van der Waals surface area contributed by atoms with Crippen LogP contribution in [0.15, 0.2) is 22.7 Å². The Hall–Kier alpha value is -0.940. The first-order valence-corrected chi connectivity index (χ1v) is 8.33. The minimum absolute atomic E-state index is 0.0539. The monoisotopic (exact) mass is 356 g/mol. The van der Waals surface area contributed by atoms with Crippen molar-refractivity contribution in [2.24, 2.45) is 11.7 Å². The second-order valence-corrected chi connectivity index (χ2v) is 6.67. The number of rotatable bonds is 5. The van der Waals surface area contributed by atoms with E-state index in [0.29, 0.717) is 18.5 Å². The first-order chi connectivity index (χ1) is 10.1. The Balaban J connectivity index is 1.70. The summed E-state index contributed by atoms with van der Waals surface area (Å²) in [6.07, 6.45) is 5.14. The van der Waals surface area contributed by atoms with Gasteiger partial charge in [-0.3, -0.25) is 4.79 Å². The highest BCUT2D eigenvalue weighted by molar-refractivity contribution is 9.10. The van der Waals surface area contributed by atoms with E-state index in [2.05, 4.69) is 21.2 Å². The molecule has 0 saturated heterocycles. The summed E-state index contributed by atoms with van der Waals surface area (Å²) >= 11 is 3.24. The van der Waals surface area contributed by atoms with Crippen molar-refractivity contribution >= 4 is 21.8 Å². The Bertz CT molecular complexity index is 495. The summed E-state index contributed by atoms with van der Waals surface area (Å²) in [5, 5.41) is 2.95.